The van der Waals surface area contributed by atoms with Crippen molar-refractivity contribution in [3.63, 3.8) is 0 Å². The summed E-state index contributed by atoms with van der Waals surface area (Å²) in [5, 5.41) is 7.50. The maximum atomic E-state index is 13.2. The fraction of sp³-hybridized carbons (Fsp3) is 0.238. The molecule has 5 nitrogen and oxygen atoms in total. The zero-order valence-electron chi connectivity index (χ0n) is 16.0. The number of aryl methyl sites for hydroxylation is 1. The molecule has 7 heteroatoms. The first kappa shape index (κ1) is 20.0. The lowest BCUT2D eigenvalue weighted by Crippen LogP contribution is -2.34. The molecule has 0 spiro atoms. The van der Waals surface area contributed by atoms with E-state index in [1.165, 1.54) is 16.8 Å². The van der Waals surface area contributed by atoms with Crippen LogP contribution < -0.4 is 5.32 Å². The molecule has 1 N–H and O–H groups in total. The molecule has 1 atom stereocenters. The second-order valence-electron chi connectivity index (χ2n) is 6.74. The van der Waals surface area contributed by atoms with E-state index < -0.39 is 0 Å². The van der Waals surface area contributed by atoms with E-state index in [1.807, 2.05) is 49.3 Å². The number of rotatable bonds is 6. The lowest BCUT2D eigenvalue weighted by molar-refractivity contribution is 0.0941. The fourth-order valence-corrected chi connectivity index (χ4v) is 3.42. The Balaban J connectivity index is 1.80. The summed E-state index contributed by atoms with van der Waals surface area (Å²) in [6.45, 7) is 2.15. The van der Waals surface area contributed by atoms with Crippen molar-refractivity contribution in [1.82, 2.24) is 20.0 Å². The average Bonchev–Trinajstić information content (AvgIpc) is 2.97. The molecule has 0 unspecified atom stereocenters. The van der Waals surface area contributed by atoms with Gasteiger partial charge in [-0.05, 0) is 50.8 Å². The summed E-state index contributed by atoms with van der Waals surface area (Å²) in [7, 11) is 3.93. The number of hydrogen-bond donors (Lipinski definition) is 1. The number of carbonyl (C=O) groups is 1. The zero-order chi connectivity index (χ0) is 20.3. The van der Waals surface area contributed by atoms with Crippen molar-refractivity contribution in [2.45, 2.75) is 13.0 Å². The molecule has 146 valence electrons. The van der Waals surface area contributed by atoms with Gasteiger partial charge in [-0.25, -0.2) is 9.07 Å². The number of nitrogens with zero attached hydrogens (tertiary/aromatic N) is 3. The molecule has 0 radical (unpaired) electrons. The van der Waals surface area contributed by atoms with E-state index in [9.17, 15) is 9.18 Å². The highest BCUT2D eigenvalue weighted by Gasteiger charge is 2.23. The first-order valence-electron chi connectivity index (χ1n) is 8.89. The first-order valence-corrected chi connectivity index (χ1v) is 9.27. The van der Waals surface area contributed by atoms with Crippen LogP contribution >= 0.6 is 11.6 Å². The number of nitrogens with one attached hydrogen (secondary N) is 1. The van der Waals surface area contributed by atoms with Crippen molar-refractivity contribution in [1.29, 1.82) is 0 Å². The van der Waals surface area contributed by atoms with Crippen LogP contribution in [0.4, 0.5) is 4.39 Å². The number of amides is 1. The first-order chi connectivity index (χ1) is 13.4. The van der Waals surface area contributed by atoms with Gasteiger partial charge in [0.05, 0.1) is 23.0 Å². The van der Waals surface area contributed by atoms with Gasteiger partial charge in [0.25, 0.3) is 5.91 Å². The molecule has 1 heterocycles. The van der Waals surface area contributed by atoms with Crippen molar-refractivity contribution in [2.24, 2.45) is 0 Å². The number of benzene rings is 2. The van der Waals surface area contributed by atoms with E-state index in [0.717, 1.165) is 5.56 Å². The Morgan fingerprint density at radius 1 is 1.18 bits per heavy atom. The Morgan fingerprint density at radius 2 is 1.82 bits per heavy atom. The van der Waals surface area contributed by atoms with Crippen LogP contribution in [0.25, 0.3) is 5.69 Å². The molecule has 0 fully saturated rings. The lowest BCUT2D eigenvalue weighted by Gasteiger charge is -2.25. The smallest absolute Gasteiger partial charge is 0.256 e. The highest BCUT2D eigenvalue weighted by atomic mass is 35.5. The van der Waals surface area contributed by atoms with Crippen molar-refractivity contribution in [2.75, 3.05) is 20.6 Å². The van der Waals surface area contributed by atoms with Gasteiger partial charge in [0.15, 0.2) is 0 Å². The molecule has 0 aliphatic carbocycles. The third kappa shape index (κ3) is 4.24. The summed E-state index contributed by atoms with van der Waals surface area (Å²) in [6.07, 6.45) is 0. The standard InChI is InChI=1S/C21H22ClFN4O/c1-14-19(20(22)27(25-14)17-11-9-16(23)10-12-17)21(28)24-13-18(26(2)3)15-7-5-4-6-8-15/h4-12,18H,13H2,1-3H3,(H,24,28)/t18-/m0/s1. The molecule has 28 heavy (non-hydrogen) atoms. The summed E-state index contributed by atoms with van der Waals surface area (Å²) < 4.78 is 14.6. The Kier molecular flexibility index (Phi) is 6.11. The molecule has 0 saturated carbocycles. The van der Waals surface area contributed by atoms with Gasteiger partial charge < -0.3 is 10.2 Å². The average molecular weight is 401 g/mol. The van der Waals surface area contributed by atoms with Gasteiger partial charge in [-0.15, -0.1) is 0 Å². The van der Waals surface area contributed by atoms with Crippen molar-refractivity contribution in [3.05, 3.63) is 82.4 Å². The summed E-state index contributed by atoms with van der Waals surface area (Å²) in [5.74, 6) is -0.643. The quantitative estimate of drug-likeness (QED) is 0.680. The Hall–Kier alpha value is -2.70. The number of likely N-dealkylation sites (N-methyl/N-ethyl adjacent to an activating group) is 1. The molecule has 1 amide bonds. The SMILES string of the molecule is Cc1nn(-c2ccc(F)cc2)c(Cl)c1C(=O)NC[C@@H](c1ccccc1)N(C)C. The van der Waals surface area contributed by atoms with E-state index in [0.29, 0.717) is 23.5 Å². The van der Waals surface area contributed by atoms with E-state index in [2.05, 4.69) is 10.4 Å². The Labute approximate surface area is 168 Å². The Bertz CT molecular complexity index is 955. The molecule has 3 aromatic rings. The van der Waals surface area contributed by atoms with Gasteiger partial charge in [-0.2, -0.15) is 5.10 Å². The van der Waals surface area contributed by atoms with Crippen molar-refractivity contribution >= 4 is 17.5 Å². The monoisotopic (exact) mass is 400 g/mol. The second kappa shape index (κ2) is 8.54. The third-order valence-electron chi connectivity index (χ3n) is 4.57. The van der Waals surface area contributed by atoms with Gasteiger partial charge in [-0.3, -0.25) is 4.79 Å². The van der Waals surface area contributed by atoms with Gasteiger partial charge >= 0.3 is 0 Å². The van der Waals surface area contributed by atoms with E-state index >= 15 is 0 Å². The molecule has 0 aliphatic rings. The number of halogens is 2. The highest BCUT2D eigenvalue weighted by molar-refractivity contribution is 6.33. The third-order valence-corrected chi connectivity index (χ3v) is 4.92. The molecular weight excluding hydrogens is 379 g/mol. The molecule has 0 bridgehead atoms. The second-order valence-corrected chi connectivity index (χ2v) is 7.10. The minimum absolute atomic E-state index is 0.0244. The van der Waals surface area contributed by atoms with Crippen LogP contribution in [0.2, 0.25) is 5.15 Å². The van der Waals surface area contributed by atoms with Crippen LogP contribution in [0.3, 0.4) is 0 Å². The maximum absolute atomic E-state index is 13.2. The van der Waals surface area contributed by atoms with Gasteiger partial charge in [0.2, 0.25) is 0 Å². The van der Waals surface area contributed by atoms with Gasteiger partial charge in [0.1, 0.15) is 11.0 Å². The predicted octanol–water partition coefficient (Wildman–Crippen LogP) is 4.01. The van der Waals surface area contributed by atoms with Crippen LogP contribution in [-0.4, -0.2) is 41.2 Å². The number of hydrogen-bond acceptors (Lipinski definition) is 3. The largest absolute Gasteiger partial charge is 0.350 e. The van der Waals surface area contributed by atoms with Crippen LogP contribution in [-0.2, 0) is 0 Å². The molecule has 1 aromatic heterocycles. The van der Waals surface area contributed by atoms with E-state index in [-0.39, 0.29) is 22.9 Å². The predicted molar refractivity (Wildman–Crippen MR) is 108 cm³/mol. The zero-order valence-corrected chi connectivity index (χ0v) is 16.7. The highest BCUT2D eigenvalue weighted by Crippen LogP contribution is 2.24. The van der Waals surface area contributed by atoms with Crippen LogP contribution in [0, 0.1) is 12.7 Å². The molecular formula is C21H22ClFN4O. The summed E-state index contributed by atoms with van der Waals surface area (Å²) in [6, 6.07) is 15.8. The van der Waals surface area contributed by atoms with Crippen LogP contribution in [0.5, 0.6) is 0 Å². The normalized spacial score (nSPS) is 12.2. The molecule has 3 rings (SSSR count). The van der Waals surface area contributed by atoms with Crippen molar-refractivity contribution < 1.29 is 9.18 Å². The number of aromatic nitrogens is 2. The minimum atomic E-state index is -0.350. The Morgan fingerprint density at radius 3 is 2.43 bits per heavy atom. The maximum Gasteiger partial charge on any atom is 0.256 e. The van der Waals surface area contributed by atoms with E-state index in [4.69, 9.17) is 11.6 Å². The molecule has 0 aliphatic heterocycles. The number of carbonyl (C=O) groups excluding carboxylic acids is 1. The topological polar surface area (TPSA) is 50.2 Å². The van der Waals surface area contributed by atoms with Gasteiger partial charge in [0, 0.05) is 6.54 Å². The minimum Gasteiger partial charge on any atom is -0.350 e. The van der Waals surface area contributed by atoms with Crippen LogP contribution in [0.1, 0.15) is 27.7 Å². The lowest BCUT2D eigenvalue weighted by atomic mass is 10.1. The van der Waals surface area contributed by atoms with Crippen molar-refractivity contribution in [3.8, 4) is 5.69 Å². The molecule has 0 saturated heterocycles. The summed E-state index contributed by atoms with van der Waals surface area (Å²) in [4.78, 5) is 14.9. The fourth-order valence-electron chi connectivity index (χ4n) is 3.06. The molecule has 2 aromatic carbocycles. The van der Waals surface area contributed by atoms with Crippen LogP contribution in [0.15, 0.2) is 54.6 Å². The summed E-state index contributed by atoms with van der Waals surface area (Å²) in [5.41, 5.74) is 2.52. The van der Waals surface area contributed by atoms with Gasteiger partial charge in [-0.1, -0.05) is 41.9 Å². The van der Waals surface area contributed by atoms with E-state index in [1.54, 1.807) is 19.1 Å². The summed E-state index contributed by atoms with van der Waals surface area (Å²) >= 11 is 6.43.